The molecule has 2 atom stereocenters. The van der Waals surface area contributed by atoms with E-state index in [-0.39, 0.29) is 17.8 Å². The van der Waals surface area contributed by atoms with Gasteiger partial charge in [-0.05, 0) is 43.7 Å². The number of hydrogen-bond acceptors (Lipinski definition) is 3. The summed E-state index contributed by atoms with van der Waals surface area (Å²) >= 11 is 0. The summed E-state index contributed by atoms with van der Waals surface area (Å²) in [4.78, 5) is 21.2. The standard InChI is InChI=1S/C16H18N4O/c1-10(18-11(2)13-5-3-4-8-17-13)12-6-7-14-15(9-12)20-16(21)19-14/h3-11,18H,1-2H3,(H2,19,20,21)/t10?,11-/m1/s1. The van der Waals surface area contributed by atoms with Crippen molar-refractivity contribution in [3.8, 4) is 0 Å². The molecule has 0 spiro atoms. The summed E-state index contributed by atoms with van der Waals surface area (Å²) in [5.41, 5.74) is 3.62. The van der Waals surface area contributed by atoms with Crippen molar-refractivity contribution in [3.05, 3.63) is 64.3 Å². The molecule has 108 valence electrons. The Morgan fingerprint density at radius 3 is 2.62 bits per heavy atom. The topological polar surface area (TPSA) is 73.6 Å². The Kier molecular flexibility index (Phi) is 3.58. The van der Waals surface area contributed by atoms with Gasteiger partial charge in [0.15, 0.2) is 0 Å². The van der Waals surface area contributed by atoms with Crippen molar-refractivity contribution in [1.82, 2.24) is 20.3 Å². The highest BCUT2D eigenvalue weighted by Gasteiger charge is 2.12. The van der Waals surface area contributed by atoms with Crippen LogP contribution < -0.4 is 11.0 Å². The first kappa shape index (κ1) is 13.6. The monoisotopic (exact) mass is 282 g/mol. The molecule has 0 aliphatic rings. The number of fused-ring (bicyclic) bond motifs is 1. The lowest BCUT2D eigenvalue weighted by atomic mass is 10.1. The molecule has 5 heteroatoms. The maximum Gasteiger partial charge on any atom is 0.323 e. The highest BCUT2D eigenvalue weighted by atomic mass is 16.1. The number of H-pyrrole nitrogens is 2. The Balaban J connectivity index is 1.80. The van der Waals surface area contributed by atoms with Gasteiger partial charge in [0.05, 0.1) is 16.7 Å². The van der Waals surface area contributed by atoms with Crippen LogP contribution >= 0.6 is 0 Å². The molecule has 1 unspecified atom stereocenters. The minimum atomic E-state index is -0.176. The Labute approximate surface area is 122 Å². The summed E-state index contributed by atoms with van der Waals surface area (Å²) < 4.78 is 0. The van der Waals surface area contributed by atoms with E-state index in [1.54, 1.807) is 6.20 Å². The average molecular weight is 282 g/mol. The molecular formula is C16H18N4O. The van der Waals surface area contributed by atoms with Gasteiger partial charge in [-0.3, -0.25) is 4.98 Å². The van der Waals surface area contributed by atoms with E-state index in [1.807, 2.05) is 36.4 Å². The maximum atomic E-state index is 11.3. The van der Waals surface area contributed by atoms with Crippen molar-refractivity contribution >= 4 is 11.0 Å². The number of pyridine rings is 1. The Morgan fingerprint density at radius 2 is 1.86 bits per heavy atom. The van der Waals surface area contributed by atoms with Crippen LogP contribution in [0.3, 0.4) is 0 Å². The molecule has 0 radical (unpaired) electrons. The van der Waals surface area contributed by atoms with Crippen molar-refractivity contribution < 1.29 is 0 Å². The van der Waals surface area contributed by atoms with E-state index in [9.17, 15) is 4.79 Å². The zero-order chi connectivity index (χ0) is 14.8. The zero-order valence-corrected chi connectivity index (χ0v) is 12.1. The summed E-state index contributed by atoms with van der Waals surface area (Å²) in [5, 5.41) is 3.52. The van der Waals surface area contributed by atoms with Crippen LogP contribution in [0, 0.1) is 0 Å². The van der Waals surface area contributed by atoms with Crippen LogP contribution in [0.2, 0.25) is 0 Å². The van der Waals surface area contributed by atoms with Gasteiger partial charge in [-0.2, -0.15) is 0 Å². The molecule has 1 aromatic carbocycles. The summed E-state index contributed by atoms with van der Waals surface area (Å²) in [5.74, 6) is 0. The number of hydrogen-bond donors (Lipinski definition) is 3. The van der Waals surface area contributed by atoms with Crippen LogP contribution in [0.4, 0.5) is 0 Å². The molecule has 0 amide bonds. The van der Waals surface area contributed by atoms with Gasteiger partial charge >= 0.3 is 5.69 Å². The number of aromatic amines is 2. The van der Waals surface area contributed by atoms with Gasteiger partial charge in [0.25, 0.3) is 0 Å². The van der Waals surface area contributed by atoms with E-state index in [0.29, 0.717) is 0 Å². The summed E-state index contributed by atoms with van der Waals surface area (Å²) in [7, 11) is 0. The van der Waals surface area contributed by atoms with Gasteiger partial charge < -0.3 is 15.3 Å². The van der Waals surface area contributed by atoms with E-state index in [0.717, 1.165) is 22.3 Å². The molecule has 0 bridgehead atoms. The van der Waals surface area contributed by atoms with Crippen LogP contribution in [0.5, 0.6) is 0 Å². The van der Waals surface area contributed by atoms with Crippen molar-refractivity contribution in [3.63, 3.8) is 0 Å². The minimum Gasteiger partial charge on any atom is -0.306 e. The molecule has 5 nitrogen and oxygen atoms in total. The number of nitrogens with zero attached hydrogens (tertiary/aromatic N) is 1. The highest BCUT2D eigenvalue weighted by molar-refractivity contribution is 5.75. The van der Waals surface area contributed by atoms with Crippen LogP contribution in [-0.2, 0) is 0 Å². The number of benzene rings is 1. The quantitative estimate of drug-likeness (QED) is 0.688. The van der Waals surface area contributed by atoms with Crippen LogP contribution in [0.25, 0.3) is 11.0 Å². The molecule has 2 aromatic heterocycles. The largest absolute Gasteiger partial charge is 0.323 e. The van der Waals surface area contributed by atoms with Gasteiger partial charge in [-0.1, -0.05) is 12.1 Å². The SMILES string of the molecule is CC(N[C@H](C)c1ccccn1)c1ccc2[nH]c(=O)[nH]c2c1. The summed E-state index contributed by atoms with van der Waals surface area (Å²) in [6.45, 7) is 4.20. The van der Waals surface area contributed by atoms with Crippen molar-refractivity contribution in [2.24, 2.45) is 0 Å². The molecule has 0 aliphatic carbocycles. The fourth-order valence-electron chi connectivity index (χ4n) is 2.51. The number of imidazole rings is 1. The van der Waals surface area contributed by atoms with Gasteiger partial charge in [0.1, 0.15) is 0 Å². The molecule has 3 rings (SSSR count). The van der Waals surface area contributed by atoms with Crippen LogP contribution in [0.15, 0.2) is 47.4 Å². The van der Waals surface area contributed by atoms with Crippen LogP contribution in [0.1, 0.15) is 37.2 Å². The van der Waals surface area contributed by atoms with Crippen molar-refractivity contribution in [2.75, 3.05) is 0 Å². The first-order chi connectivity index (χ1) is 10.1. The number of rotatable bonds is 4. The lowest BCUT2D eigenvalue weighted by Crippen LogP contribution is -2.23. The predicted molar refractivity (Wildman–Crippen MR) is 83.1 cm³/mol. The van der Waals surface area contributed by atoms with E-state index < -0.39 is 0 Å². The molecule has 0 aliphatic heterocycles. The van der Waals surface area contributed by atoms with Gasteiger partial charge in [-0.25, -0.2) is 4.79 Å². The molecule has 0 saturated heterocycles. The number of aromatic nitrogens is 3. The summed E-state index contributed by atoms with van der Waals surface area (Å²) in [6, 6.07) is 12.2. The maximum absolute atomic E-state index is 11.3. The van der Waals surface area contributed by atoms with E-state index >= 15 is 0 Å². The van der Waals surface area contributed by atoms with Crippen molar-refractivity contribution in [2.45, 2.75) is 25.9 Å². The van der Waals surface area contributed by atoms with E-state index in [2.05, 4.69) is 34.1 Å². The van der Waals surface area contributed by atoms with E-state index in [1.165, 1.54) is 0 Å². The average Bonchev–Trinajstić information content (AvgIpc) is 2.87. The minimum absolute atomic E-state index is 0.155. The third kappa shape index (κ3) is 2.87. The second-order valence-corrected chi connectivity index (χ2v) is 5.25. The van der Waals surface area contributed by atoms with Crippen molar-refractivity contribution in [1.29, 1.82) is 0 Å². The third-order valence-corrected chi connectivity index (χ3v) is 3.67. The fraction of sp³-hybridized carbons (Fsp3) is 0.250. The molecular weight excluding hydrogens is 264 g/mol. The van der Waals surface area contributed by atoms with Gasteiger partial charge in [-0.15, -0.1) is 0 Å². The molecule has 21 heavy (non-hydrogen) atoms. The van der Waals surface area contributed by atoms with E-state index in [4.69, 9.17) is 0 Å². The first-order valence-corrected chi connectivity index (χ1v) is 7.02. The fourth-order valence-corrected chi connectivity index (χ4v) is 2.51. The predicted octanol–water partition coefficient (Wildman–Crippen LogP) is 2.66. The van der Waals surface area contributed by atoms with Gasteiger partial charge in [0, 0.05) is 18.3 Å². The first-order valence-electron chi connectivity index (χ1n) is 7.02. The normalized spacial score (nSPS) is 14.2. The second-order valence-electron chi connectivity index (χ2n) is 5.25. The smallest absolute Gasteiger partial charge is 0.306 e. The Hall–Kier alpha value is -2.40. The Morgan fingerprint density at radius 1 is 1.05 bits per heavy atom. The number of nitrogens with one attached hydrogen (secondary N) is 3. The van der Waals surface area contributed by atoms with Crippen LogP contribution in [-0.4, -0.2) is 15.0 Å². The Bertz CT molecular complexity index is 791. The zero-order valence-electron chi connectivity index (χ0n) is 12.1. The molecule has 0 saturated carbocycles. The highest BCUT2D eigenvalue weighted by Crippen LogP contribution is 2.20. The molecule has 2 heterocycles. The lowest BCUT2D eigenvalue weighted by molar-refractivity contribution is 0.486. The van der Waals surface area contributed by atoms with Gasteiger partial charge in [0.2, 0.25) is 0 Å². The molecule has 3 aromatic rings. The molecule has 3 N–H and O–H groups in total. The third-order valence-electron chi connectivity index (χ3n) is 3.67. The molecule has 0 fully saturated rings. The lowest BCUT2D eigenvalue weighted by Gasteiger charge is -2.20. The second kappa shape index (κ2) is 5.54. The summed E-state index contributed by atoms with van der Waals surface area (Å²) in [6.07, 6.45) is 1.80.